The van der Waals surface area contributed by atoms with E-state index >= 15 is 0 Å². The van der Waals surface area contributed by atoms with Crippen LogP contribution in [0.25, 0.3) is 0 Å². The van der Waals surface area contributed by atoms with Crippen molar-refractivity contribution in [2.75, 3.05) is 17.4 Å². The zero-order valence-electron chi connectivity index (χ0n) is 20.6. The first-order valence-electron chi connectivity index (χ1n) is 12.2. The van der Waals surface area contributed by atoms with Crippen molar-refractivity contribution in [3.8, 4) is 0 Å². The number of halogens is 1. The van der Waals surface area contributed by atoms with Gasteiger partial charge in [0.1, 0.15) is 0 Å². The van der Waals surface area contributed by atoms with E-state index in [2.05, 4.69) is 18.3 Å². The highest BCUT2D eigenvalue weighted by Gasteiger charge is 2.26. The molecule has 1 aliphatic heterocycles. The topological polar surface area (TPSA) is 53.0 Å². The number of anilines is 1. The van der Waals surface area contributed by atoms with Crippen LogP contribution in [0.2, 0.25) is 5.02 Å². The second-order valence-electron chi connectivity index (χ2n) is 8.82. The van der Waals surface area contributed by atoms with E-state index in [1.165, 1.54) is 0 Å². The molecule has 37 heavy (non-hydrogen) atoms. The van der Waals surface area contributed by atoms with Crippen LogP contribution in [0, 0.1) is 5.92 Å². The van der Waals surface area contributed by atoms with Gasteiger partial charge in [0, 0.05) is 35.3 Å². The van der Waals surface area contributed by atoms with Crippen molar-refractivity contribution in [1.82, 2.24) is 4.90 Å². The number of benzene rings is 3. The van der Waals surface area contributed by atoms with Gasteiger partial charge in [-0.1, -0.05) is 54.6 Å². The number of carbonyl (C=O) groups is 1. The fourth-order valence-corrected chi connectivity index (χ4v) is 5.79. The standard InChI is InChI=1S/C30H30ClN3O2S/c1-3-7-29(32-2)24-18-20-33(21-19-24)30(35)25-12-16-27(17-13-25)34(22-23-10-14-26(31)15-11-23)37(36)28-8-5-4-6-9-28/h3-17,24H,1-2,18-22H2/b29-7-. The van der Waals surface area contributed by atoms with Crippen LogP contribution in [0.1, 0.15) is 28.8 Å². The van der Waals surface area contributed by atoms with Crippen molar-refractivity contribution in [2.24, 2.45) is 10.9 Å². The summed E-state index contributed by atoms with van der Waals surface area (Å²) in [5, 5.41) is 0.653. The Labute approximate surface area is 226 Å². The minimum Gasteiger partial charge on any atom is -0.339 e. The summed E-state index contributed by atoms with van der Waals surface area (Å²) < 4.78 is 15.4. The summed E-state index contributed by atoms with van der Waals surface area (Å²) in [6.07, 6.45) is 5.30. The highest BCUT2D eigenvalue weighted by atomic mass is 35.5. The van der Waals surface area contributed by atoms with Crippen molar-refractivity contribution in [1.29, 1.82) is 0 Å². The number of hydrogen-bond donors (Lipinski definition) is 0. The number of piperidine rings is 1. The highest BCUT2D eigenvalue weighted by Crippen LogP contribution is 2.28. The normalized spacial score (nSPS) is 15.2. The van der Waals surface area contributed by atoms with Gasteiger partial charge >= 0.3 is 0 Å². The second kappa shape index (κ2) is 12.7. The van der Waals surface area contributed by atoms with E-state index < -0.39 is 11.0 Å². The lowest BCUT2D eigenvalue weighted by atomic mass is 9.93. The van der Waals surface area contributed by atoms with Crippen molar-refractivity contribution >= 4 is 40.9 Å². The number of amides is 1. The van der Waals surface area contributed by atoms with Crippen LogP contribution >= 0.6 is 11.6 Å². The van der Waals surface area contributed by atoms with E-state index in [1.54, 1.807) is 6.08 Å². The van der Waals surface area contributed by atoms with E-state index in [9.17, 15) is 9.00 Å². The third-order valence-electron chi connectivity index (χ3n) is 6.46. The average Bonchev–Trinajstić information content (AvgIpc) is 2.95. The molecule has 0 spiro atoms. The molecule has 1 unspecified atom stereocenters. The third kappa shape index (κ3) is 6.64. The van der Waals surface area contributed by atoms with Gasteiger partial charge in [-0.05, 0) is 79.7 Å². The van der Waals surface area contributed by atoms with E-state index in [4.69, 9.17) is 11.6 Å². The molecule has 1 fully saturated rings. The first-order chi connectivity index (χ1) is 18.0. The third-order valence-corrected chi connectivity index (χ3v) is 8.13. The number of rotatable bonds is 9. The molecule has 7 heteroatoms. The largest absolute Gasteiger partial charge is 0.339 e. The minimum atomic E-state index is -1.43. The Morgan fingerprint density at radius 2 is 1.68 bits per heavy atom. The van der Waals surface area contributed by atoms with Crippen LogP contribution in [0.5, 0.6) is 0 Å². The van der Waals surface area contributed by atoms with Crippen molar-refractivity contribution in [3.63, 3.8) is 0 Å². The smallest absolute Gasteiger partial charge is 0.253 e. The number of aliphatic imine (C=N–C) groups is 1. The Bertz CT molecular complexity index is 1280. The predicted octanol–water partition coefficient (Wildman–Crippen LogP) is 6.69. The summed E-state index contributed by atoms with van der Waals surface area (Å²) in [4.78, 5) is 19.9. The molecule has 0 aliphatic carbocycles. The molecule has 0 radical (unpaired) electrons. The number of nitrogens with zero attached hydrogens (tertiary/aromatic N) is 3. The SMILES string of the molecule is C=C/C=C(\N=C)C1CCN(C(=O)c2ccc(N(Cc3ccc(Cl)cc3)S(=O)c3ccccc3)cc2)CC1. The first-order valence-corrected chi connectivity index (χ1v) is 13.7. The van der Waals surface area contributed by atoms with Gasteiger partial charge in [-0.25, -0.2) is 4.21 Å². The van der Waals surface area contributed by atoms with Crippen LogP contribution in [-0.2, 0) is 17.5 Å². The van der Waals surface area contributed by atoms with Gasteiger partial charge in [0.05, 0.1) is 17.1 Å². The van der Waals surface area contributed by atoms with Crippen LogP contribution in [0.3, 0.4) is 0 Å². The second-order valence-corrected chi connectivity index (χ2v) is 10.7. The maximum absolute atomic E-state index is 13.6. The number of carbonyl (C=O) groups excluding carboxylic acids is 1. The van der Waals surface area contributed by atoms with Crippen molar-refractivity contribution in [2.45, 2.75) is 24.3 Å². The Hall–Kier alpha value is -3.48. The Balaban J connectivity index is 1.50. The van der Waals surface area contributed by atoms with E-state index in [1.807, 2.05) is 94.1 Å². The van der Waals surface area contributed by atoms with Gasteiger partial charge in [0.25, 0.3) is 5.91 Å². The summed E-state index contributed by atoms with van der Waals surface area (Å²) in [7, 11) is -1.43. The monoisotopic (exact) mass is 531 g/mol. The molecule has 0 saturated carbocycles. The molecule has 1 atom stereocenters. The highest BCUT2D eigenvalue weighted by molar-refractivity contribution is 7.86. The minimum absolute atomic E-state index is 0.000699. The Morgan fingerprint density at radius 1 is 1.03 bits per heavy atom. The number of likely N-dealkylation sites (tertiary alicyclic amines) is 1. The zero-order chi connectivity index (χ0) is 26.2. The Morgan fingerprint density at radius 3 is 2.27 bits per heavy atom. The number of allylic oxidation sites excluding steroid dienone is 3. The van der Waals surface area contributed by atoms with Gasteiger partial charge in [0.15, 0.2) is 11.0 Å². The zero-order valence-corrected chi connectivity index (χ0v) is 22.2. The molecule has 1 saturated heterocycles. The lowest BCUT2D eigenvalue weighted by Crippen LogP contribution is -2.38. The van der Waals surface area contributed by atoms with Crippen molar-refractivity contribution < 1.29 is 9.00 Å². The molecule has 0 bridgehead atoms. The van der Waals surface area contributed by atoms with Crippen molar-refractivity contribution in [3.05, 3.63) is 119 Å². The maximum Gasteiger partial charge on any atom is 0.253 e. The van der Waals surface area contributed by atoms with Gasteiger partial charge < -0.3 is 4.90 Å². The summed E-state index contributed by atoms with van der Waals surface area (Å²) in [6.45, 7) is 9.16. The summed E-state index contributed by atoms with van der Waals surface area (Å²) in [6, 6.07) is 24.2. The molecule has 3 aromatic carbocycles. The molecule has 3 aromatic rings. The van der Waals surface area contributed by atoms with Gasteiger partial charge in [-0.2, -0.15) is 0 Å². The van der Waals surface area contributed by atoms with Gasteiger partial charge in [0.2, 0.25) is 0 Å². The predicted molar refractivity (Wildman–Crippen MR) is 153 cm³/mol. The molecule has 5 nitrogen and oxygen atoms in total. The van der Waals surface area contributed by atoms with E-state index in [0.717, 1.165) is 29.8 Å². The van der Waals surface area contributed by atoms with Crippen LogP contribution in [0.15, 0.2) is 113 Å². The molecular weight excluding hydrogens is 502 g/mol. The lowest BCUT2D eigenvalue weighted by molar-refractivity contribution is 0.0702. The molecule has 190 valence electrons. The molecule has 4 rings (SSSR count). The summed E-state index contributed by atoms with van der Waals surface area (Å²) >= 11 is 6.06. The summed E-state index contributed by atoms with van der Waals surface area (Å²) in [5.74, 6) is 0.288. The molecule has 1 amide bonds. The van der Waals surface area contributed by atoms with Crippen LogP contribution in [0.4, 0.5) is 5.69 Å². The Kier molecular flexibility index (Phi) is 9.09. The lowest BCUT2D eigenvalue weighted by Gasteiger charge is -2.32. The van der Waals surface area contributed by atoms with E-state index in [0.29, 0.717) is 35.1 Å². The molecule has 1 heterocycles. The average molecular weight is 532 g/mol. The van der Waals surface area contributed by atoms with Crippen LogP contribution in [-0.4, -0.2) is 34.8 Å². The quantitative estimate of drug-likeness (QED) is 0.228. The maximum atomic E-state index is 13.6. The summed E-state index contributed by atoms with van der Waals surface area (Å²) in [5.41, 5.74) is 3.29. The van der Waals surface area contributed by atoms with Crippen LogP contribution < -0.4 is 4.31 Å². The fourth-order valence-electron chi connectivity index (χ4n) is 4.44. The van der Waals surface area contributed by atoms with E-state index in [-0.39, 0.29) is 11.8 Å². The fraction of sp³-hybridized carbons (Fsp3) is 0.200. The van der Waals surface area contributed by atoms with Gasteiger partial charge in [-0.3, -0.25) is 14.1 Å². The van der Waals surface area contributed by atoms with Gasteiger partial charge in [-0.15, -0.1) is 0 Å². The molecule has 1 aliphatic rings. The molecular formula is C30H30ClN3O2S. The number of hydrogen-bond acceptors (Lipinski definition) is 3. The molecule has 0 aromatic heterocycles. The first kappa shape index (κ1) is 26.6. The molecule has 0 N–H and O–H groups in total.